The maximum absolute atomic E-state index is 12.7. The number of rotatable bonds is 5. The molecule has 2 aliphatic heterocycles. The van der Waals surface area contributed by atoms with Gasteiger partial charge in [0.15, 0.2) is 5.84 Å². The predicted octanol–water partition coefficient (Wildman–Crippen LogP) is 5.56. The fourth-order valence-electron chi connectivity index (χ4n) is 3.56. The third-order valence-corrected chi connectivity index (χ3v) is 6.28. The van der Waals surface area contributed by atoms with Gasteiger partial charge in [-0.2, -0.15) is 15.1 Å². The van der Waals surface area contributed by atoms with Crippen molar-refractivity contribution >= 4 is 51.4 Å². The first-order chi connectivity index (χ1) is 14.4. The quantitative estimate of drug-likeness (QED) is 0.620. The molecule has 30 heavy (non-hydrogen) atoms. The molecule has 2 aromatic rings. The Morgan fingerprint density at radius 2 is 2.07 bits per heavy atom. The number of carbonyl (C=O) groups is 1. The van der Waals surface area contributed by atoms with Crippen LogP contribution in [0.3, 0.4) is 0 Å². The molecular formula is C22H22ClN5OS. The van der Waals surface area contributed by atoms with Gasteiger partial charge in [0.25, 0.3) is 5.91 Å². The number of thioether (sulfide) groups is 1. The number of amidine groups is 2. The third kappa shape index (κ3) is 3.75. The van der Waals surface area contributed by atoms with E-state index in [0.29, 0.717) is 10.2 Å². The van der Waals surface area contributed by atoms with Gasteiger partial charge in [0, 0.05) is 22.1 Å². The lowest BCUT2D eigenvalue weighted by molar-refractivity contribution is -0.114. The van der Waals surface area contributed by atoms with E-state index in [9.17, 15) is 4.79 Å². The molecule has 154 valence electrons. The zero-order valence-corrected chi connectivity index (χ0v) is 18.6. The molecule has 0 saturated heterocycles. The molecule has 3 heterocycles. The smallest absolute Gasteiger partial charge is 0.283 e. The van der Waals surface area contributed by atoms with Crippen molar-refractivity contribution in [3.05, 3.63) is 57.9 Å². The number of halogens is 1. The highest BCUT2D eigenvalue weighted by atomic mass is 35.5. The summed E-state index contributed by atoms with van der Waals surface area (Å²) in [6, 6.07) is 9.63. The van der Waals surface area contributed by atoms with Gasteiger partial charge in [-0.05, 0) is 74.4 Å². The van der Waals surface area contributed by atoms with E-state index in [2.05, 4.69) is 21.6 Å². The molecule has 1 amide bonds. The molecular weight excluding hydrogens is 418 g/mol. The Morgan fingerprint density at radius 3 is 2.80 bits per heavy atom. The summed E-state index contributed by atoms with van der Waals surface area (Å²) in [4.78, 5) is 16.9. The van der Waals surface area contributed by atoms with Gasteiger partial charge in [-0.25, -0.2) is 0 Å². The first kappa shape index (κ1) is 20.6. The van der Waals surface area contributed by atoms with Crippen LogP contribution < -0.4 is 0 Å². The SMILES string of the molecule is CCCCC1=NN2C(=N)C(=Cc3cc(C)n(-c4cccc(Cl)c4)c3C)C(=O)N=C2S1. The summed E-state index contributed by atoms with van der Waals surface area (Å²) >= 11 is 7.54. The second-order valence-corrected chi connectivity index (χ2v) is 8.74. The lowest BCUT2D eigenvalue weighted by atomic mass is 10.1. The molecule has 0 saturated carbocycles. The molecule has 4 rings (SSSR count). The topological polar surface area (TPSA) is 73.8 Å². The van der Waals surface area contributed by atoms with Crippen molar-refractivity contribution in [3.63, 3.8) is 0 Å². The summed E-state index contributed by atoms with van der Waals surface area (Å²) in [5, 5.41) is 16.6. The third-order valence-electron chi connectivity index (χ3n) is 5.08. The molecule has 0 radical (unpaired) electrons. The van der Waals surface area contributed by atoms with Crippen LogP contribution in [0, 0.1) is 19.3 Å². The Morgan fingerprint density at radius 1 is 1.27 bits per heavy atom. The average molecular weight is 440 g/mol. The summed E-state index contributed by atoms with van der Waals surface area (Å²) in [6.45, 7) is 6.11. The molecule has 0 spiro atoms. The number of nitrogens with one attached hydrogen (secondary N) is 1. The van der Waals surface area contributed by atoms with E-state index in [0.717, 1.165) is 46.9 Å². The van der Waals surface area contributed by atoms with E-state index in [1.807, 2.05) is 44.2 Å². The lowest BCUT2D eigenvalue weighted by Crippen LogP contribution is -2.35. The van der Waals surface area contributed by atoms with E-state index >= 15 is 0 Å². The number of aromatic nitrogens is 1. The van der Waals surface area contributed by atoms with Gasteiger partial charge >= 0.3 is 0 Å². The molecule has 2 aliphatic rings. The molecule has 1 N–H and O–H groups in total. The van der Waals surface area contributed by atoms with Crippen molar-refractivity contribution < 1.29 is 4.79 Å². The first-order valence-electron chi connectivity index (χ1n) is 9.83. The molecule has 6 nitrogen and oxygen atoms in total. The van der Waals surface area contributed by atoms with Gasteiger partial charge < -0.3 is 4.57 Å². The summed E-state index contributed by atoms with van der Waals surface area (Å²) < 4.78 is 2.08. The number of aliphatic imine (C=N–C) groups is 1. The molecule has 0 fully saturated rings. The van der Waals surface area contributed by atoms with Crippen molar-refractivity contribution in [1.82, 2.24) is 9.58 Å². The van der Waals surface area contributed by atoms with E-state index in [1.165, 1.54) is 16.8 Å². The largest absolute Gasteiger partial charge is 0.318 e. The monoisotopic (exact) mass is 439 g/mol. The van der Waals surface area contributed by atoms with E-state index < -0.39 is 5.91 Å². The van der Waals surface area contributed by atoms with E-state index in [4.69, 9.17) is 17.0 Å². The number of hydrogen-bond acceptors (Lipinski definition) is 4. The van der Waals surface area contributed by atoms with Gasteiger partial charge in [-0.3, -0.25) is 10.2 Å². The molecule has 1 aromatic carbocycles. The van der Waals surface area contributed by atoms with Gasteiger partial charge in [0.1, 0.15) is 5.04 Å². The number of carbonyl (C=O) groups excluding carboxylic acids is 1. The second kappa shape index (κ2) is 8.24. The van der Waals surface area contributed by atoms with Crippen LogP contribution in [-0.2, 0) is 4.79 Å². The highest BCUT2D eigenvalue weighted by molar-refractivity contribution is 8.26. The van der Waals surface area contributed by atoms with Crippen molar-refractivity contribution in [2.24, 2.45) is 10.1 Å². The van der Waals surface area contributed by atoms with Crippen LogP contribution in [0.1, 0.15) is 43.1 Å². The van der Waals surface area contributed by atoms with Gasteiger partial charge in [-0.15, -0.1) is 0 Å². The van der Waals surface area contributed by atoms with Crippen molar-refractivity contribution in [2.75, 3.05) is 0 Å². The van der Waals surface area contributed by atoms with Crippen LogP contribution in [0.2, 0.25) is 5.02 Å². The molecule has 1 aromatic heterocycles. The van der Waals surface area contributed by atoms with Crippen molar-refractivity contribution in [3.8, 4) is 5.69 Å². The van der Waals surface area contributed by atoms with Crippen molar-refractivity contribution in [2.45, 2.75) is 40.0 Å². The number of aryl methyl sites for hydroxylation is 1. The average Bonchev–Trinajstić information content (AvgIpc) is 3.23. The van der Waals surface area contributed by atoms with Crippen LogP contribution in [0.15, 0.2) is 46.0 Å². The number of amides is 1. The molecule has 0 unspecified atom stereocenters. The number of hydrazone groups is 1. The van der Waals surface area contributed by atoms with Crippen LogP contribution in [0.5, 0.6) is 0 Å². The van der Waals surface area contributed by atoms with Gasteiger partial charge in [0.05, 0.1) is 5.57 Å². The van der Waals surface area contributed by atoms with Crippen LogP contribution >= 0.6 is 23.4 Å². The molecule has 0 aliphatic carbocycles. The number of unbranched alkanes of at least 4 members (excludes halogenated alkanes) is 1. The summed E-state index contributed by atoms with van der Waals surface area (Å²) in [5.74, 6) is -0.338. The minimum Gasteiger partial charge on any atom is -0.318 e. The summed E-state index contributed by atoms with van der Waals surface area (Å²) in [5.41, 5.74) is 4.03. The van der Waals surface area contributed by atoms with E-state index in [-0.39, 0.29) is 11.4 Å². The van der Waals surface area contributed by atoms with Gasteiger partial charge in [0.2, 0.25) is 5.17 Å². The normalized spacial score (nSPS) is 17.5. The number of benzene rings is 1. The highest BCUT2D eigenvalue weighted by Gasteiger charge is 2.35. The lowest BCUT2D eigenvalue weighted by Gasteiger charge is -2.20. The zero-order chi connectivity index (χ0) is 21.4. The second-order valence-electron chi connectivity index (χ2n) is 7.26. The maximum Gasteiger partial charge on any atom is 0.283 e. The van der Waals surface area contributed by atoms with E-state index in [1.54, 1.807) is 6.08 Å². The Kier molecular flexibility index (Phi) is 5.66. The number of fused-ring (bicyclic) bond motifs is 1. The number of nitrogens with zero attached hydrogens (tertiary/aromatic N) is 4. The molecule has 8 heteroatoms. The predicted molar refractivity (Wildman–Crippen MR) is 125 cm³/mol. The van der Waals surface area contributed by atoms with Gasteiger partial charge in [-0.1, -0.05) is 31.0 Å². The minimum absolute atomic E-state index is 0.0663. The minimum atomic E-state index is -0.404. The fraction of sp³-hybridized carbons (Fsp3) is 0.273. The highest BCUT2D eigenvalue weighted by Crippen LogP contribution is 2.31. The summed E-state index contributed by atoms with van der Waals surface area (Å²) in [6.07, 6.45) is 4.65. The van der Waals surface area contributed by atoms with Crippen LogP contribution in [0.25, 0.3) is 11.8 Å². The Hall–Kier alpha value is -2.64. The maximum atomic E-state index is 12.7. The Bertz CT molecular complexity index is 1140. The molecule has 0 atom stereocenters. The van der Waals surface area contributed by atoms with Crippen LogP contribution in [-0.4, -0.2) is 31.5 Å². The fourth-order valence-corrected chi connectivity index (χ4v) is 4.67. The Labute approximate surface area is 184 Å². The standard InChI is InChI=1S/C22H22ClN5OS/c1-4-5-9-19-26-28-20(24)18(21(29)25-22(28)30-19)11-15-10-13(2)27(14(15)3)17-8-6-7-16(23)12-17/h6-8,10-12,24H,4-5,9H2,1-3H3. The van der Waals surface area contributed by atoms with Crippen molar-refractivity contribution in [1.29, 1.82) is 5.41 Å². The Balaban J connectivity index is 1.69. The van der Waals surface area contributed by atoms with Crippen LogP contribution in [0.4, 0.5) is 0 Å². The summed E-state index contributed by atoms with van der Waals surface area (Å²) in [7, 11) is 0. The zero-order valence-electron chi connectivity index (χ0n) is 17.1. The molecule has 0 bridgehead atoms. The number of hydrogen-bond donors (Lipinski definition) is 1. The first-order valence-corrected chi connectivity index (χ1v) is 11.0.